The molecule has 22 heavy (non-hydrogen) atoms. The Labute approximate surface area is 130 Å². The van der Waals surface area contributed by atoms with E-state index < -0.39 is 11.5 Å². The zero-order chi connectivity index (χ0) is 16.3. The number of hydrogen-bond acceptors (Lipinski definition) is 3. The molecule has 1 unspecified atom stereocenters. The summed E-state index contributed by atoms with van der Waals surface area (Å²) in [4.78, 5) is 23.4. The average molecular weight is 307 g/mol. The summed E-state index contributed by atoms with van der Waals surface area (Å²) in [7, 11) is 0. The van der Waals surface area contributed by atoms with E-state index >= 15 is 0 Å². The maximum absolute atomic E-state index is 12.3. The Morgan fingerprint density at radius 3 is 2.55 bits per heavy atom. The summed E-state index contributed by atoms with van der Waals surface area (Å²) in [5, 5.41) is 16.5. The molecule has 0 saturated heterocycles. The van der Waals surface area contributed by atoms with Gasteiger partial charge in [-0.3, -0.25) is 14.3 Å². The van der Waals surface area contributed by atoms with Crippen LogP contribution in [0.3, 0.4) is 0 Å². The topological polar surface area (TPSA) is 84.2 Å². The Morgan fingerprint density at radius 1 is 1.41 bits per heavy atom. The van der Waals surface area contributed by atoms with E-state index in [4.69, 9.17) is 5.11 Å². The average Bonchev–Trinajstić information content (AvgIpc) is 2.95. The molecular weight excluding hydrogens is 282 g/mol. The Balaban J connectivity index is 1.99. The van der Waals surface area contributed by atoms with Crippen LogP contribution < -0.4 is 5.32 Å². The molecule has 0 bridgehead atoms. The minimum Gasteiger partial charge on any atom is -0.481 e. The van der Waals surface area contributed by atoms with E-state index in [9.17, 15) is 9.59 Å². The molecule has 1 fully saturated rings. The fourth-order valence-electron chi connectivity index (χ4n) is 3.48. The van der Waals surface area contributed by atoms with Gasteiger partial charge in [-0.2, -0.15) is 5.10 Å². The predicted molar refractivity (Wildman–Crippen MR) is 82.6 cm³/mol. The molecule has 1 aromatic heterocycles. The summed E-state index contributed by atoms with van der Waals surface area (Å²) in [6.07, 6.45) is 3.76. The molecule has 0 aromatic carbocycles. The molecule has 2 N–H and O–H groups in total. The van der Waals surface area contributed by atoms with Crippen LogP contribution in [0.25, 0.3) is 0 Å². The van der Waals surface area contributed by atoms with Crippen LogP contribution in [0.5, 0.6) is 0 Å². The van der Waals surface area contributed by atoms with Gasteiger partial charge in [-0.15, -0.1) is 0 Å². The third-order valence-corrected chi connectivity index (χ3v) is 4.40. The van der Waals surface area contributed by atoms with E-state index in [2.05, 4.69) is 10.4 Å². The molecular formula is C16H25N3O3. The minimum absolute atomic E-state index is 0.00697. The normalized spacial score (nSPS) is 18.1. The van der Waals surface area contributed by atoms with Gasteiger partial charge in [-0.05, 0) is 39.7 Å². The molecule has 2 rings (SSSR count). The molecule has 0 aliphatic heterocycles. The molecule has 6 heteroatoms. The molecule has 1 atom stereocenters. The van der Waals surface area contributed by atoms with Gasteiger partial charge < -0.3 is 10.4 Å². The number of aromatic nitrogens is 2. The SMILES string of the molecule is Cc1cc(C)n(C(C)CC(=O)NC2(CC(=O)O)CCCC2)n1. The largest absolute Gasteiger partial charge is 0.481 e. The molecule has 6 nitrogen and oxygen atoms in total. The van der Waals surface area contributed by atoms with Crippen LogP contribution in [0.4, 0.5) is 0 Å². The molecule has 0 spiro atoms. The first-order valence-electron chi connectivity index (χ1n) is 7.87. The maximum atomic E-state index is 12.3. The number of carboxylic acids is 1. The highest BCUT2D eigenvalue weighted by molar-refractivity contribution is 5.78. The molecule has 0 radical (unpaired) electrons. The first kappa shape index (κ1) is 16.5. The van der Waals surface area contributed by atoms with Crippen LogP contribution in [0.15, 0.2) is 6.07 Å². The third kappa shape index (κ3) is 3.87. The van der Waals surface area contributed by atoms with E-state index in [0.29, 0.717) is 6.42 Å². The summed E-state index contributed by atoms with van der Waals surface area (Å²) < 4.78 is 1.85. The van der Waals surface area contributed by atoms with Crippen LogP contribution in [0.2, 0.25) is 0 Å². The summed E-state index contributed by atoms with van der Waals surface area (Å²) in [6, 6.07) is 1.94. The summed E-state index contributed by atoms with van der Waals surface area (Å²) >= 11 is 0. The quantitative estimate of drug-likeness (QED) is 0.845. The van der Waals surface area contributed by atoms with Crippen molar-refractivity contribution in [2.45, 2.75) is 70.9 Å². The number of rotatable bonds is 6. The number of nitrogens with zero attached hydrogens (tertiary/aromatic N) is 2. The highest BCUT2D eigenvalue weighted by Crippen LogP contribution is 2.33. The zero-order valence-corrected chi connectivity index (χ0v) is 13.6. The van der Waals surface area contributed by atoms with Crippen LogP contribution >= 0.6 is 0 Å². The number of carbonyl (C=O) groups is 2. The van der Waals surface area contributed by atoms with Crippen LogP contribution in [-0.4, -0.2) is 32.3 Å². The van der Waals surface area contributed by atoms with Crippen molar-refractivity contribution in [3.63, 3.8) is 0 Å². The lowest BCUT2D eigenvalue weighted by molar-refractivity contribution is -0.139. The van der Waals surface area contributed by atoms with Crippen molar-refractivity contribution in [1.82, 2.24) is 15.1 Å². The van der Waals surface area contributed by atoms with E-state index in [-0.39, 0.29) is 18.4 Å². The number of nitrogens with one attached hydrogen (secondary N) is 1. The summed E-state index contributed by atoms with van der Waals surface area (Å²) in [5.74, 6) is -0.947. The van der Waals surface area contributed by atoms with Crippen LogP contribution in [0, 0.1) is 13.8 Å². The van der Waals surface area contributed by atoms with Crippen LogP contribution in [0.1, 0.15) is 62.9 Å². The van der Waals surface area contributed by atoms with Gasteiger partial charge in [-0.1, -0.05) is 12.8 Å². The molecule has 122 valence electrons. The minimum atomic E-state index is -0.853. The molecule has 1 aliphatic rings. The smallest absolute Gasteiger partial charge is 0.305 e. The highest BCUT2D eigenvalue weighted by Gasteiger charge is 2.37. The van der Waals surface area contributed by atoms with Crippen molar-refractivity contribution < 1.29 is 14.7 Å². The standard InChI is InChI=1S/C16H25N3O3/c1-11-8-12(2)19(18-11)13(3)9-14(20)17-16(10-15(21)22)6-4-5-7-16/h8,13H,4-7,9-10H2,1-3H3,(H,17,20)(H,21,22). The Kier molecular flexibility index (Phi) is 4.88. The van der Waals surface area contributed by atoms with Crippen molar-refractivity contribution in [3.05, 3.63) is 17.5 Å². The summed E-state index contributed by atoms with van der Waals surface area (Å²) in [5.41, 5.74) is 1.40. The van der Waals surface area contributed by atoms with Gasteiger partial charge in [0, 0.05) is 12.1 Å². The fraction of sp³-hybridized carbons (Fsp3) is 0.688. The number of carboxylic acid groups (broad SMARTS) is 1. The predicted octanol–water partition coefficient (Wildman–Crippen LogP) is 2.35. The first-order chi connectivity index (χ1) is 10.3. The number of hydrogen-bond donors (Lipinski definition) is 2. The van der Waals surface area contributed by atoms with Gasteiger partial charge in [-0.25, -0.2) is 0 Å². The van der Waals surface area contributed by atoms with E-state index in [1.165, 1.54) is 0 Å². The lowest BCUT2D eigenvalue weighted by Gasteiger charge is -2.29. The fourth-order valence-corrected chi connectivity index (χ4v) is 3.48. The van der Waals surface area contributed by atoms with Crippen molar-refractivity contribution in [3.8, 4) is 0 Å². The van der Waals surface area contributed by atoms with Crippen molar-refractivity contribution in [1.29, 1.82) is 0 Å². The number of aliphatic carboxylic acids is 1. The lowest BCUT2D eigenvalue weighted by Crippen LogP contribution is -2.48. The highest BCUT2D eigenvalue weighted by atomic mass is 16.4. The molecule has 1 aliphatic carbocycles. The number of aryl methyl sites for hydroxylation is 2. The molecule has 1 saturated carbocycles. The molecule has 1 heterocycles. The van der Waals surface area contributed by atoms with Gasteiger partial charge in [0.05, 0.1) is 23.7 Å². The van der Waals surface area contributed by atoms with Crippen molar-refractivity contribution in [2.24, 2.45) is 0 Å². The zero-order valence-electron chi connectivity index (χ0n) is 13.6. The van der Waals surface area contributed by atoms with Gasteiger partial charge in [0.25, 0.3) is 0 Å². The lowest BCUT2D eigenvalue weighted by atomic mass is 9.93. The van der Waals surface area contributed by atoms with E-state index in [1.807, 2.05) is 31.5 Å². The van der Waals surface area contributed by atoms with Gasteiger partial charge in [0.15, 0.2) is 0 Å². The van der Waals surface area contributed by atoms with Crippen molar-refractivity contribution >= 4 is 11.9 Å². The van der Waals surface area contributed by atoms with Gasteiger partial charge >= 0.3 is 5.97 Å². The van der Waals surface area contributed by atoms with Gasteiger partial charge in [0.1, 0.15) is 0 Å². The summed E-state index contributed by atoms with van der Waals surface area (Å²) in [6.45, 7) is 5.85. The Morgan fingerprint density at radius 2 is 2.05 bits per heavy atom. The third-order valence-electron chi connectivity index (χ3n) is 4.40. The van der Waals surface area contributed by atoms with Gasteiger partial charge in [0.2, 0.25) is 5.91 Å². The van der Waals surface area contributed by atoms with Crippen LogP contribution in [-0.2, 0) is 9.59 Å². The second kappa shape index (κ2) is 6.50. The maximum Gasteiger partial charge on any atom is 0.305 e. The van der Waals surface area contributed by atoms with E-state index in [1.54, 1.807) is 0 Å². The Bertz CT molecular complexity index is 559. The first-order valence-corrected chi connectivity index (χ1v) is 7.87. The molecule has 1 amide bonds. The van der Waals surface area contributed by atoms with Crippen molar-refractivity contribution in [2.75, 3.05) is 0 Å². The Hall–Kier alpha value is -1.85. The second-order valence-corrected chi connectivity index (χ2v) is 6.53. The second-order valence-electron chi connectivity index (χ2n) is 6.53. The molecule has 1 aromatic rings. The van der Waals surface area contributed by atoms with E-state index in [0.717, 1.165) is 37.1 Å². The monoisotopic (exact) mass is 307 g/mol. The number of carbonyl (C=O) groups excluding carboxylic acids is 1. The number of amides is 1.